The van der Waals surface area contributed by atoms with Crippen LogP contribution in [0.2, 0.25) is 18.1 Å². The molecular formula is C19H32O5Si. The number of fused-ring (bicyclic) bond motifs is 1. The maximum Gasteiger partial charge on any atom is 0.192 e. The standard InChI is InChI=1S/C19H32O5Si/c1-13-15-16(19(13,10-20)11-21)14(23-12-22-6)9-18(15,5)24-25(7,8)17(2,3)4/h10-11,14-16H,1,9,12H2,2-8H3/t14-,15-,16-,18-/m0/s1. The van der Waals surface area contributed by atoms with Crippen molar-refractivity contribution in [2.45, 2.75) is 64.0 Å². The Morgan fingerprint density at radius 2 is 1.84 bits per heavy atom. The number of methoxy groups -OCH3 is 1. The zero-order chi connectivity index (χ0) is 19.3. The van der Waals surface area contributed by atoms with Crippen LogP contribution in [0.4, 0.5) is 0 Å². The Hall–Kier alpha value is -0.823. The van der Waals surface area contributed by atoms with Crippen molar-refractivity contribution >= 4 is 20.9 Å². The van der Waals surface area contributed by atoms with E-state index in [-0.39, 0.29) is 29.8 Å². The first-order chi connectivity index (χ1) is 11.4. The van der Waals surface area contributed by atoms with Gasteiger partial charge in [-0.3, -0.25) is 0 Å². The molecule has 0 aromatic carbocycles. The van der Waals surface area contributed by atoms with E-state index in [1.807, 2.05) is 0 Å². The van der Waals surface area contributed by atoms with Gasteiger partial charge in [0.1, 0.15) is 24.8 Å². The monoisotopic (exact) mass is 368 g/mol. The minimum atomic E-state index is -2.04. The van der Waals surface area contributed by atoms with Gasteiger partial charge in [0.25, 0.3) is 0 Å². The van der Waals surface area contributed by atoms with E-state index >= 15 is 0 Å². The van der Waals surface area contributed by atoms with Crippen molar-refractivity contribution < 1.29 is 23.5 Å². The largest absolute Gasteiger partial charge is 0.411 e. The van der Waals surface area contributed by atoms with E-state index in [4.69, 9.17) is 13.9 Å². The second kappa shape index (κ2) is 6.41. The first-order valence-corrected chi connectivity index (χ1v) is 11.7. The van der Waals surface area contributed by atoms with Gasteiger partial charge in [-0.1, -0.05) is 32.9 Å². The Morgan fingerprint density at radius 3 is 2.28 bits per heavy atom. The average Bonchev–Trinajstić information content (AvgIpc) is 2.74. The van der Waals surface area contributed by atoms with Gasteiger partial charge in [-0.15, -0.1) is 0 Å². The summed E-state index contributed by atoms with van der Waals surface area (Å²) in [6.45, 7) is 17.3. The molecule has 142 valence electrons. The van der Waals surface area contributed by atoms with Crippen LogP contribution in [-0.2, 0) is 23.5 Å². The van der Waals surface area contributed by atoms with Crippen LogP contribution < -0.4 is 0 Å². The van der Waals surface area contributed by atoms with Gasteiger partial charge in [0, 0.05) is 25.4 Å². The van der Waals surface area contributed by atoms with Crippen molar-refractivity contribution in [1.82, 2.24) is 0 Å². The summed E-state index contributed by atoms with van der Waals surface area (Å²) in [7, 11) is -0.482. The molecule has 0 saturated heterocycles. The fraction of sp³-hybridized carbons (Fsp3) is 0.789. The average molecular weight is 369 g/mol. The summed E-state index contributed by atoms with van der Waals surface area (Å²) >= 11 is 0. The molecule has 6 heteroatoms. The summed E-state index contributed by atoms with van der Waals surface area (Å²) in [6.07, 6.45) is 1.82. The van der Waals surface area contributed by atoms with Crippen molar-refractivity contribution in [3.63, 3.8) is 0 Å². The van der Waals surface area contributed by atoms with E-state index in [2.05, 4.69) is 47.4 Å². The molecule has 0 heterocycles. The molecule has 0 aromatic rings. The topological polar surface area (TPSA) is 61.8 Å². The lowest BCUT2D eigenvalue weighted by Crippen LogP contribution is -2.60. The maximum atomic E-state index is 11.8. The number of rotatable bonds is 7. The van der Waals surface area contributed by atoms with Gasteiger partial charge in [-0.25, -0.2) is 0 Å². The molecule has 0 amide bonds. The SMILES string of the molecule is C=C1[C@H]2[C@H]([C@@H](OCOC)C[C@]2(C)O[Si](C)(C)C(C)(C)C)C1(C=O)C=O. The predicted molar refractivity (Wildman–Crippen MR) is 98.7 cm³/mol. The minimum Gasteiger partial charge on any atom is -0.411 e. The summed E-state index contributed by atoms with van der Waals surface area (Å²) < 4.78 is 17.7. The van der Waals surface area contributed by atoms with Crippen molar-refractivity contribution in [3.8, 4) is 0 Å². The third-order valence-corrected chi connectivity index (χ3v) is 11.2. The Labute approximate surface area is 152 Å². The van der Waals surface area contributed by atoms with Crippen LogP contribution in [0.1, 0.15) is 34.1 Å². The van der Waals surface area contributed by atoms with Gasteiger partial charge >= 0.3 is 0 Å². The molecule has 5 nitrogen and oxygen atoms in total. The van der Waals surface area contributed by atoms with Gasteiger partial charge in [0.15, 0.2) is 8.32 Å². The summed E-state index contributed by atoms with van der Waals surface area (Å²) in [5, 5.41) is 0.0640. The van der Waals surface area contributed by atoms with Gasteiger partial charge in [-0.2, -0.15) is 0 Å². The van der Waals surface area contributed by atoms with Gasteiger partial charge in [0.05, 0.1) is 11.7 Å². The van der Waals surface area contributed by atoms with Crippen LogP contribution in [0.5, 0.6) is 0 Å². The quantitative estimate of drug-likeness (QED) is 0.227. The Bertz CT molecular complexity index is 557. The molecule has 25 heavy (non-hydrogen) atoms. The summed E-state index contributed by atoms with van der Waals surface area (Å²) in [5.41, 5.74) is -0.983. The molecule has 0 unspecified atom stereocenters. The lowest BCUT2D eigenvalue weighted by Gasteiger charge is -2.55. The molecule has 2 aliphatic carbocycles. The lowest BCUT2D eigenvalue weighted by molar-refractivity contribution is -0.148. The molecule has 0 radical (unpaired) electrons. The van der Waals surface area contributed by atoms with Crippen LogP contribution in [-0.4, -0.2) is 46.5 Å². The number of ether oxygens (including phenoxy) is 2. The first-order valence-electron chi connectivity index (χ1n) is 8.83. The van der Waals surface area contributed by atoms with E-state index in [0.29, 0.717) is 12.0 Å². The lowest BCUT2D eigenvalue weighted by atomic mass is 9.50. The fourth-order valence-electron chi connectivity index (χ4n) is 4.30. The molecule has 0 bridgehead atoms. The second-order valence-electron chi connectivity index (χ2n) is 9.19. The normalized spacial score (nSPS) is 34.4. The molecule has 0 spiro atoms. The summed E-state index contributed by atoms with van der Waals surface area (Å²) in [4.78, 5) is 23.5. The van der Waals surface area contributed by atoms with E-state index in [1.54, 1.807) is 7.11 Å². The van der Waals surface area contributed by atoms with Crippen LogP contribution in [0.15, 0.2) is 12.2 Å². The van der Waals surface area contributed by atoms with Crippen molar-refractivity contribution in [2.75, 3.05) is 13.9 Å². The molecule has 0 N–H and O–H groups in total. The molecule has 2 rings (SSSR count). The van der Waals surface area contributed by atoms with Crippen LogP contribution >= 0.6 is 0 Å². The highest BCUT2D eigenvalue weighted by Gasteiger charge is 2.71. The molecule has 4 atom stereocenters. The number of carbonyl (C=O) groups excluding carboxylic acids is 2. The highest BCUT2D eigenvalue weighted by Crippen LogP contribution is 2.66. The van der Waals surface area contributed by atoms with Crippen molar-refractivity contribution in [3.05, 3.63) is 12.2 Å². The number of hydrogen-bond acceptors (Lipinski definition) is 5. The fourth-order valence-corrected chi connectivity index (χ4v) is 5.98. The van der Waals surface area contributed by atoms with Crippen molar-refractivity contribution in [1.29, 1.82) is 0 Å². The van der Waals surface area contributed by atoms with E-state index in [9.17, 15) is 9.59 Å². The maximum absolute atomic E-state index is 11.8. The Morgan fingerprint density at radius 1 is 1.28 bits per heavy atom. The van der Waals surface area contributed by atoms with Crippen LogP contribution in [0, 0.1) is 17.3 Å². The summed E-state index contributed by atoms with van der Waals surface area (Å²) in [5.74, 6) is -0.293. The minimum absolute atomic E-state index is 0.0566. The van der Waals surface area contributed by atoms with Crippen LogP contribution in [0.25, 0.3) is 0 Å². The van der Waals surface area contributed by atoms with Crippen LogP contribution in [0.3, 0.4) is 0 Å². The molecular weight excluding hydrogens is 336 g/mol. The van der Waals surface area contributed by atoms with Gasteiger partial charge in [0.2, 0.25) is 0 Å². The first kappa shape index (κ1) is 20.5. The highest BCUT2D eigenvalue weighted by atomic mass is 28.4. The Balaban J connectivity index is 2.38. The third kappa shape index (κ3) is 2.97. The van der Waals surface area contributed by atoms with E-state index in [1.165, 1.54) is 0 Å². The zero-order valence-electron chi connectivity index (χ0n) is 16.5. The van der Waals surface area contributed by atoms with Gasteiger partial charge < -0.3 is 23.5 Å². The summed E-state index contributed by atoms with van der Waals surface area (Å²) in [6, 6.07) is 0. The molecule has 2 saturated carbocycles. The van der Waals surface area contributed by atoms with E-state index < -0.39 is 19.3 Å². The second-order valence-corrected chi connectivity index (χ2v) is 13.9. The zero-order valence-corrected chi connectivity index (χ0v) is 17.5. The third-order valence-electron chi connectivity index (χ3n) is 6.59. The van der Waals surface area contributed by atoms with Crippen molar-refractivity contribution in [2.24, 2.45) is 17.3 Å². The number of carbonyl (C=O) groups is 2. The number of hydrogen-bond donors (Lipinski definition) is 0. The smallest absolute Gasteiger partial charge is 0.192 e. The Kier molecular flexibility index (Phi) is 5.25. The molecule has 0 aromatic heterocycles. The van der Waals surface area contributed by atoms with Gasteiger partial charge in [-0.05, 0) is 25.1 Å². The molecule has 2 fully saturated rings. The molecule has 2 aliphatic rings. The highest BCUT2D eigenvalue weighted by molar-refractivity contribution is 6.74. The van der Waals surface area contributed by atoms with E-state index in [0.717, 1.165) is 12.6 Å². The predicted octanol–water partition coefficient (Wildman–Crippen LogP) is 3.35. The number of aldehydes is 2. The molecule has 0 aliphatic heterocycles.